The number of hydrogen-bond acceptors (Lipinski definition) is 5. The van der Waals surface area contributed by atoms with Crippen LogP contribution in [0.5, 0.6) is 0 Å². The SMILES string of the molecule is CNC(=O)c1ccc(-c2ccc(=O)n(CCc3ccc4ncc(-c5cnn(C)c5)cc4c3)n2)cc1. The normalized spacial score (nSPS) is 11.0. The quantitative estimate of drug-likeness (QED) is 0.415. The number of carbonyl (C=O) groups excluding carboxylic acids is 1. The third-order valence-electron chi connectivity index (χ3n) is 5.93. The number of amides is 1. The Hall–Kier alpha value is -4.59. The number of hydrogen-bond donors (Lipinski definition) is 1. The second-order valence-corrected chi connectivity index (χ2v) is 8.34. The monoisotopic (exact) mass is 464 g/mol. The lowest BCUT2D eigenvalue weighted by molar-refractivity contribution is 0.0963. The predicted molar refractivity (Wildman–Crippen MR) is 135 cm³/mol. The average Bonchev–Trinajstić information content (AvgIpc) is 3.33. The van der Waals surface area contributed by atoms with E-state index in [0.717, 1.165) is 33.2 Å². The summed E-state index contributed by atoms with van der Waals surface area (Å²) in [6.45, 7) is 0.449. The zero-order valence-corrected chi connectivity index (χ0v) is 19.5. The van der Waals surface area contributed by atoms with Crippen LogP contribution < -0.4 is 10.9 Å². The van der Waals surface area contributed by atoms with E-state index in [9.17, 15) is 9.59 Å². The Labute approximate surface area is 201 Å². The minimum absolute atomic E-state index is 0.146. The molecule has 174 valence electrons. The first-order valence-electron chi connectivity index (χ1n) is 11.3. The summed E-state index contributed by atoms with van der Waals surface area (Å²) in [6, 6.07) is 18.6. The molecule has 0 unspecified atom stereocenters. The number of aromatic nitrogens is 5. The fraction of sp³-hybridized carbons (Fsp3) is 0.148. The van der Waals surface area contributed by atoms with Crippen LogP contribution in [0.4, 0.5) is 0 Å². The van der Waals surface area contributed by atoms with Crippen LogP contribution >= 0.6 is 0 Å². The first-order valence-corrected chi connectivity index (χ1v) is 11.3. The summed E-state index contributed by atoms with van der Waals surface area (Å²) in [5.41, 5.74) is 5.97. The summed E-state index contributed by atoms with van der Waals surface area (Å²) in [6.07, 6.45) is 6.29. The van der Waals surface area contributed by atoms with E-state index in [-0.39, 0.29) is 11.5 Å². The molecule has 8 nitrogen and oxygen atoms in total. The molecule has 0 saturated carbocycles. The Morgan fingerprint density at radius 3 is 2.51 bits per heavy atom. The number of carbonyl (C=O) groups is 1. The molecule has 1 N–H and O–H groups in total. The number of fused-ring (bicyclic) bond motifs is 1. The minimum Gasteiger partial charge on any atom is -0.355 e. The number of pyridine rings is 1. The standard InChI is InChI=1S/C27H24N6O2/c1-28-27(35)20-6-4-19(5-7-20)25-9-10-26(34)33(31-25)12-11-18-3-8-24-21(13-18)14-22(15-29-24)23-16-30-32(2)17-23/h3-10,13-17H,11-12H2,1-2H3,(H,28,35). The molecule has 8 heteroatoms. The highest BCUT2D eigenvalue weighted by Crippen LogP contribution is 2.23. The maximum atomic E-state index is 12.5. The van der Waals surface area contributed by atoms with Gasteiger partial charge >= 0.3 is 0 Å². The molecule has 0 radical (unpaired) electrons. The molecule has 2 aromatic carbocycles. The molecule has 0 atom stereocenters. The molecule has 0 saturated heterocycles. The van der Waals surface area contributed by atoms with Gasteiger partial charge in [-0.3, -0.25) is 19.3 Å². The van der Waals surface area contributed by atoms with Crippen molar-refractivity contribution in [3.8, 4) is 22.4 Å². The molecule has 0 aliphatic rings. The van der Waals surface area contributed by atoms with Gasteiger partial charge in [-0.2, -0.15) is 10.2 Å². The number of aryl methyl sites for hydroxylation is 3. The van der Waals surface area contributed by atoms with Gasteiger partial charge in [-0.1, -0.05) is 18.2 Å². The van der Waals surface area contributed by atoms with Crippen molar-refractivity contribution in [1.82, 2.24) is 29.9 Å². The van der Waals surface area contributed by atoms with Gasteiger partial charge in [-0.05, 0) is 48.4 Å². The van der Waals surface area contributed by atoms with Crippen LogP contribution in [0.2, 0.25) is 0 Å². The van der Waals surface area contributed by atoms with Crippen molar-refractivity contribution in [2.75, 3.05) is 7.05 Å². The highest BCUT2D eigenvalue weighted by atomic mass is 16.1. The van der Waals surface area contributed by atoms with Crippen molar-refractivity contribution in [2.45, 2.75) is 13.0 Å². The third-order valence-corrected chi connectivity index (χ3v) is 5.93. The Balaban J connectivity index is 1.36. The smallest absolute Gasteiger partial charge is 0.266 e. The van der Waals surface area contributed by atoms with Gasteiger partial charge in [0, 0.05) is 66.7 Å². The fourth-order valence-electron chi connectivity index (χ4n) is 4.00. The lowest BCUT2D eigenvalue weighted by atomic mass is 10.1. The van der Waals surface area contributed by atoms with E-state index in [4.69, 9.17) is 0 Å². The summed E-state index contributed by atoms with van der Waals surface area (Å²) in [5.74, 6) is -0.146. The topological polar surface area (TPSA) is 94.7 Å². The number of rotatable bonds is 6. The molecule has 0 aliphatic heterocycles. The molecular formula is C27H24N6O2. The van der Waals surface area contributed by atoms with Gasteiger partial charge in [-0.15, -0.1) is 0 Å². The molecule has 5 rings (SSSR count). The second-order valence-electron chi connectivity index (χ2n) is 8.34. The highest BCUT2D eigenvalue weighted by Gasteiger charge is 2.08. The molecule has 0 spiro atoms. The molecule has 3 heterocycles. The first kappa shape index (κ1) is 22.2. The van der Waals surface area contributed by atoms with Crippen molar-refractivity contribution in [1.29, 1.82) is 0 Å². The van der Waals surface area contributed by atoms with Crippen LogP contribution in [0.3, 0.4) is 0 Å². The van der Waals surface area contributed by atoms with Crippen molar-refractivity contribution >= 4 is 16.8 Å². The van der Waals surface area contributed by atoms with Gasteiger partial charge in [0.25, 0.3) is 11.5 Å². The summed E-state index contributed by atoms with van der Waals surface area (Å²) in [5, 5.41) is 12.4. The van der Waals surface area contributed by atoms with Gasteiger partial charge in [0.15, 0.2) is 0 Å². The lowest BCUT2D eigenvalue weighted by Crippen LogP contribution is -2.23. The van der Waals surface area contributed by atoms with Crippen molar-refractivity contribution < 1.29 is 4.79 Å². The maximum absolute atomic E-state index is 12.5. The Morgan fingerprint density at radius 1 is 0.943 bits per heavy atom. The average molecular weight is 465 g/mol. The first-order chi connectivity index (χ1) is 17.0. The Morgan fingerprint density at radius 2 is 1.77 bits per heavy atom. The van der Waals surface area contributed by atoms with Crippen LogP contribution in [0, 0.1) is 0 Å². The molecule has 1 amide bonds. The van der Waals surface area contributed by atoms with E-state index in [2.05, 4.69) is 32.6 Å². The molecule has 0 fully saturated rings. The lowest BCUT2D eigenvalue weighted by Gasteiger charge is -2.09. The van der Waals surface area contributed by atoms with Gasteiger partial charge < -0.3 is 5.32 Å². The van der Waals surface area contributed by atoms with Crippen LogP contribution in [0.15, 0.2) is 84.0 Å². The molecule has 0 bridgehead atoms. The van der Waals surface area contributed by atoms with E-state index in [1.807, 2.05) is 49.9 Å². The zero-order valence-electron chi connectivity index (χ0n) is 19.5. The van der Waals surface area contributed by atoms with Crippen molar-refractivity contribution in [3.63, 3.8) is 0 Å². The molecule has 0 aliphatic carbocycles. The molecule has 3 aromatic heterocycles. The van der Waals surface area contributed by atoms with Crippen LogP contribution in [0.25, 0.3) is 33.3 Å². The minimum atomic E-state index is -0.156. The van der Waals surface area contributed by atoms with Gasteiger partial charge in [0.05, 0.1) is 17.4 Å². The van der Waals surface area contributed by atoms with E-state index in [1.165, 1.54) is 10.7 Å². The number of benzene rings is 2. The van der Waals surface area contributed by atoms with Crippen LogP contribution in [-0.2, 0) is 20.0 Å². The maximum Gasteiger partial charge on any atom is 0.266 e. The van der Waals surface area contributed by atoms with E-state index in [1.54, 1.807) is 29.9 Å². The largest absolute Gasteiger partial charge is 0.355 e. The molecule has 5 aromatic rings. The number of nitrogens with zero attached hydrogens (tertiary/aromatic N) is 5. The second kappa shape index (κ2) is 9.34. The third kappa shape index (κ3) is 4.72. The number of nitrogens with one attached hydrogen (secondary N) is 1. The van der Waals surface area contributed by atoms with Gasteiger partial charge in [0.2, 0.25) is 0 Å². The fourth-order valence-corrected chi connectivity index (χ4v) is 4.00. The summed E-state index contributed by atoms with van der Waals surface area (Å²) in [7, 11) is 3.49. The van der Waals surface area contributed by atoms with E-state index >= 15 is 0 Å². The van der Waals surface area contributed by atoms with Gasteiger partial charge in [0.1, 0.15) is 0 Å². The highest BCUT2D eigenvalue weighted by molar-refractivity contribution is 5.94. The summed E-state index contributed by atoms with van der Waals surface area (Å²) < 4.78 is 3.25. The van der Waals surface area contributed by atoms with E-state index in [0.29, 0.717) is 24.2 Å². The Kier molecular flexibility index (Phi) is 5.93. The molecular weight excluding hydrogens is 440 g/mol. The zero-order chi connectivity index (χ0) is 24.4. The van der Waals surface area contributed by atoms with Gasteiger partial charge in [-0.25, -0.2) is 4.68 Å². The van der Waals surface area contributed by atoms with Crippen LogP contribution in [-0.4, -0.2) is 37.5 Å². The molecule has 35 heavy (non-hydrogen) atoms. The summed E-state index contributed by atoms with van der Waals surface area (Å²) in [4.78, 5) is 28.8. The summed E-state index contributed by atoms with van der Waals surface area (Å²) >= 11 is 0. The predicted octanol–water partition coefficient (Wildman–Crippen LogP) is 3.46. The van der Waals surface area contributed by atoms with Crippen molar-refractivity contribution in [3.05, 3.63) is 101 Å². The van der Waals surface area contributed by atoms with Crippen LogP contribution in [0.1, 0.15) is 15.9 Å². The Bertz CT molecular complexity index is 1580. The van der Waals surface area contributed by atoms with E-state index < -0.39 is 0 Å². The van der Waals surface area contributed by atoms with Crippen molar-refractivity contribution in [2.24, 2.45) is 7.05 Å².